The van der Waals surface area contributed by atoms with E-state index >= 15 is 0 Å². The first-order valence-corrected chi connectivity index (χ1v) is 8.25. The average molecular weight is 365 g/mol. The lowest BCUT2D eigenvalue weighted by Gasteiger charge is -2.32. The van der Waals surface area contributed by atoms with Crippen LogP contribution in [-0.2, 0) is 6.18 Å². The van der Waals surface area contributed by atoms with Crippen LogP contribution in [0.2, 0.25) is 0 Å². The van der Waals surface area contributed by atoms with Gasteiger partial charge in [0.1, 0.15) is 5.52 Å². The Morgan fingerprint density at radius 1 is 1.19 bits per heavy atom. The Balaban J connectivity index is 1.58. The van der Waals surface area contributed by atoms with Crippen molar-refractivity contribution in [3.63, 3.8) is 0 Å². The summed E-state index contributed by atoms with van der Waals surface area (Å²) in [6.45, 7) is 0.911. The number of oxazole rings is 1. The Morgan fingerprint density at radius 2 is 2.00 bits per heavy atom. The SMILES string of the molecule is Fc1cc(C(F)(F)F)cnc1N1CCCC(c2nc3ccccc3o2)C1. The maximum Gasteiger partial charge on any atom is 0.417 e. The van der Waals surface area contributed by atoms with Crippen molar-refractivity contribution in [3.8, 4) is 0 Å². The third-order valence-electron chi connectivity index (χ3n) is 4.53. The number of aromatic nitrogens is 2. The topological polar surface area (TPSA) is 42.2 Å². The van der Waals surface area contributed by atoms with E-state index in [4.69, 9.17) is 4.42 Å². The van der Waals surface area contributed by atoms with Crippen molar-refractivity contribution >= 4 is 16.9 Å². The van der Waals surface area contributed by atoms with Crippen LogP contribution in [0.15, 0.2) is 40.9 Å². The standard InChI is InChI=1S/C18H15F4N3O/c19-13-8-12(18(20,21)22)9-23-16(13)25-7-3-4-11(10-25)17-24-14-5-1-2-6-15(14)26-17/h1-2,5-6,8-9,11H,3-4,7,10H2. The molecule has 0 bridgehead atoms. The van der Waals surface area contributed by atoms with Gasteiger partial charge in [0, 0.05) is 19.3 Å². The van der Waals surface area contributed by atoms with Gasteiger partial charge in [-0.05, 0) is 31.0 Å². The van der Waals surface area contributed by atoms with E-state index in [-0.39, 0.29) is 11.7 Å². The Kier molecular flexibility index (Phi) is 4.05. The molecule has 1 aliphatic heterocycles. The van der Waals surface area contributed by atoms with E-state index in [1.54, 1.807) is 4.90 Å². The number of halogens is 4. The van der Waals surface area contributed by atoms with Crippen LogP contribution in [0.25, 0.3) is 11.1 Å². The molecule has 0 radical (unpaired) electrons. The van der Waals surface area contributed by atoms with Crippen molar-refractivity contribution in [1.29, 1.82) is 0 Å². The summed E-state index contributed by atoms with van der Waals surface area (Å²) in [4.78, 5) is 9.85. The maximum absolute atomic E-state index is 14.2. The zero-order valence-electron chi connectivity index (χ0n) is 13.6. The number of alkyl halides is 3. The molecular weight excluding hydrogens is 350 g/mol. The third-order valence-corrected chi connectivity index (χ3v) is 4.53. The monoisotopic (exact) mass is 365 g/mol. The van der Waals surface area contributed by atoms with Gasteiger partial charge in [0.25, 0.3) is 0 Å². The largest absolute Gasteiger partial charge is 0.440 e. The van der Waals surface area contributed by atoms with E-state index in [1.165, 1.54) is 0 Å². The van der Waals surface area contributed by atoms with Gasteiger partial charge in [-0.2, -0.15) is 13.2 Å². The summed E-state index contributed by atoms with van der Waals surface area (Å²) in [7, 11) is 0. The minimum atomic E-state index is -4.62. The molecule has 1 aliphatic rings. The van der Waals surface area contributed by atoms with Crippen LogP contribution in [0.3, 0.4) is 0 Å². The molecule has 0 saturated carbocycles. The number of fused-ring (bicyclic) bond motifs is 1. The van der Waals surface area contributed by atoms with Crippen LogP contribution in [0, 0.1) is 5.82 Å². The first-order valence-electron chi connectivity index (χ1n) is 8.25. The number of hydrogen-bond donors (Lipinski definition) is 0. The second kappa shape index (κ2) is 6.26. The molecule has 1 unspecified atom stereocenters. The number of pyridine rings is 1. The molecule has 136 valence electrons. The minimum Gasteiger partial charge on any atom is -0.440 e. The molecule has 4 rings (SSSR count). The lowest BCUT2D eigenvalue weighted by molar-refractivity contribution is -0.138. The van der Waals surface area contributed by atoms with E-state index in [0.717, 1.165) is 18.4 Å². The van der Waals surface area contributed by atoms with Crippen molar-refractivity contribution < 1.29 is 22.0 Å². The fraction of sp³-hybridized carbons (Fsp3) is 0.333. The first-order chi connectivity index (χ1) is 12.4. The number of hydrogen-bond acceptors (Lipinski definition) is 4. The third kappa shape index (κ3) is 3.11. The molecule has 0 spiro atoms. The predicted molar refractivity (Wildman–Crippen MR) is 87.4 cm³/mol. The van der Waals surface area contributed by atoms with E-state index in [9.17, 15) is 17.6 Å². The van der Waals surface area contributed by atoms with E-state index in [1.807, 2.05) is 24.3 Å². The molecule has 1 fully saturated rings. The zero-order valence-corrected chi connectivity index (χ0v) is 13.6. The lowest BCUT2D eigenvalue weighted by Crippen LogP contribution is -2.35. The molecule has 0 amide bonds. The van der Waals surface area contributed by atoms with E-state index in [2.05, 4.69) is 9.97 Å². The number of para-hydroxylation sites is 2. The van der Waals surface area contributed by atoms with E-state index in [0.29, 0.717) is 36.8 Å². The van der Waals surface area contributed by atoms with Crippen molar-refractivity contribution in [1.82, 2.24) is 9.97 Å². The zero-order chi connectivity index (χ0) is 18.3. The van der Waals surface area contributed by atoms with Gasteiger partial charge >= 0.3 is 6.18 Å². The van der Waals surface area contributed by atoms with Gasteiger partial charge in [-0.25, -0.2) is 14.4 Å². The highest BCUT2D eigenvalue weighted by Crippen LogP contribution is 2.34. The van der Waals surface area contributed by atoms with Gasteiger partial charge in [0.2, 0.25) is 0 Å². The Morgan fingerprint density at radius 3 is 2.73 bits per heavy atom. The van der Waals surface area contributed by atoms with Gasteiger partial charge in [-0.3, -0.25) is 0 Å². The fourth-order valence-corrected chi connectivity index (χ4v) is 3.25. The van der Waals surface area contributed by atoms with Crippen LogP contribution < -0.4 is 4.90 Å². The number of anilines is 1. The molecule has 26 heavy (non-hydrogen) atoms. The summed E-state index contributed by atoms with van der Waals surface area (Å²) < 4.78 is 58.1. The highest BCUT2D eigenvalue weighted by Gasteiger charge is 2.33. The van der Waals surface area contributed by atoms with Crippen molar-refractivity contribution in [3.05, 3.63) is 53.8 Å². The Hall–Kier alpha value is -2.64. The van der Waals surface area contributed by atoms with Gasteiger partial charge in [-0.15, -0.1) is 0 Å². The molecule has 1 aromatic carbocycles. The lowest BCUT2D eigenvalue weighted by atomic mass is 9.98. The summed E-state index contributed by atoms with van der Waals surface area (Å²) in [5, 5.41) is 0. The molecule has 3 aromatic rings. The van der Waals surface area contributed by atoms with Crippen LogP contribution in [-0.4, -0.2) is 23.1 Å². The Bertz CT molecular complexity index is 905. The molecule has 2 aromatic heterocycles. The number of rotatable bonds is 2. The first kappa shape index (κ1) is 16.8. The normalized spacial score (nSPS) is 18.5. The summed E-state index contributed by atoms with van der Waals surface area (Å²) in [5.74, 6) is -0.556. The second-order valence-electron chi connectivity index (χ2n) is 6.33. The van der Waals surface area contributed by atoms with Crippen LogP contribution in [0.4, 0.5) is 23.4 Å². The maximum atomic E-state index is 14.2. The molecule has 8 heteroatoms. The van der Waals surface area contributed by atoms with Gasteiger partial charge < -0.3 is 9.32 Å². The highest BCUT2D eigenvalue weighted by atomic mass is 19.4. The van der Waals surface area contributed by atoms with Crippen molar-refractivity contribution in [2.45, 2.75) is 24.9 Å². The predicted octanol–water partition coefficient (Wildman–Crippen LogP) is 4.76. The van der Waals surface area contributed by atoms with Gasteiger partial charge in [0.15, 0.2) is 23.1 Å². The minimum absolute atomic E-state index is 0.0698. The van der Waals surface area contributed by atoms with Crippen molar-refractivity contribution in [2.24, 2.45) is 0 Å². The Labute approximate surface area is 146 Å². The van der Waals surface area contributed by atoms with E-state index < -0.39 is 17.6 Å². The average Bonchev–Trinajstić information content (AvgIpc) is 3.05. The summed E-state index contributed by atoms with van der Waals surface area (Å²) in [6.07, 6.45) is -2.40. The fourth-order valence-electron chi connectivity index (χ4n) is 3.25. The highest BCUT2D eigenvalue weighted by molar-refractivity contribution is 5.72. The summed E-state index contributed by atoms with van der Waals surface area (Å²) in [5.41, 5.74) is 0.336. The quantitative estimate of drug-likeness (QED) is 0.614. The molecule has 0 N–H and O–H groups in total. The molecule has 1 saturated heterocycles. The molecule has 1 atom stereocenters. The number of nitrogens with zero attached hydrogens (tertiary/aromatic N) is 3. The molecule has 3 heterocycles. The van der Waals surface area contributed by atoms with Crippen LogP contribution >= 0.6 is 0 Å². The number of piperidine rings is 1. The molecular formula is C18H15F4N3O. The summed E-state index contributed by atoms with van der Waals surface area (Å²) >= 11 is 0. The van der Waals surface area contributed by atoms with Gasteiger partial charge in [-0.1, -0.05) is 12.1 Å². The number of benzene rings is 1. The van der Waals surface area contributed by atoms with Crippen LogP contribution in [0.5, 0.6) is 0 Å². The smallest absolute Gasteiger partial charge is 0.417 e. The second-order valence-corrected chi connectivity index (χ2v) is 6.33. The van der Waals surface area contributed by atoms with Crippen molar-refractivity contribution in [2.75, 3.05) is 18.0 Å². The van der Waals surface area contributed by atoms with Gasteiger partial charge in [0.05, 0.1) is 11.5 Å². The molecule has 4 nitrogen and oxygen atoms in total. The molecule has 0 aliphatic carbocycles. The van der Waals surface area contributed by atoms with Crippen LogP contribution in [0.1, 0.15) is 30.2 Å². The summed E-state index contributed by atoms with van der Waals surface area (Å²) in [6, 6.07) is 7.88.